The van der Waals surface area contributed by atoms with E-state index >= 15 is 0 Å². The van der Waals surface area contributed by atoms with Crippen LogP contribution < -0.4 is 0 Å². The highest BCUT2D eigenvalue weighted by Crippen LogP contribution is 2.48. The van der Waals surface area contributed by atoms with Gasteiger partial charge in [-0.15, -0.1) is 0 Å². The summed E-state index contributed by atoms with van der Waals surface area (Å²) in [5.41, 5.74) is 0.600. The van der Waals surface area contributed by atoms with Crippen LogP contribution in [-0.4, -0.2) is 32.3 Å². The molecule has 3 atom stereocenters. The quantitative estimate of drug-likeness (QED) is 0.290. The van der Waals surface area contributed by atoms with Crippen LogP contribution in [0.1, 0.15) is 54.9 Å². The summed E-state index contributed by atoms with van der Waals surface area (Å²) < 4.78 is 12.3. The van der Waals surface area contributed by atoms with Gasteiger partial charge in [-0.25, -0.2) is 0 Å². The first kappa shape index (κ1) is 22.8. The van der Waals surface area contributed by atoms with Crippen molar-refractivity contribution < 1.29 is 18.8 Å². The van der Waals surface area contributed by atoms with E-state index in [-0.39, 0.29) is 40.3 Å². The predicted octanol–water partition coefficient (Wildman–Crippen LogP) is 5.06. The molecule has 0 aromatic heterocycles. The molecule has 0 aromatic rings. The van der Waals surface area contributed by atoms with Gasteiger partial charge in [-0.3, -0.25) is 9.59 Å². The molecular formula is C21H36O4Si. The molecule has 0 bridgehead atoms. The van der Waals surface area contributed by atoms with Crippen molar-refractivity contribution in [2.45, 2.75) is 85.2 Å². The van der Waals surface area contributed by atoms with Crippen molar-refractivity contribution in [2.75, 3.05) is 0 Å². The minimum atomic E-state index is -2.02. The maximum Gasteiger partial charge on any atom is 0.302 e. The van der Waals surface area contributed by atoms with E-state index in [1.165, 1.54) is 13.8 Å². The van der Waals surface area contributed by atoms with Gasteiger partial charge in [0.25, 0.3) is 0 Å². The van der Waals surface area contributed by atoms with Crippen LogP contribution in [0, 0.1) is 11.3 Å². The van der Waals surface area contributed by atoms with Crippen LogP contribution in [0.4, 0.5) is 0 Å². The Hall–Kier alpha value is -1.20. The Kier molecular flexibility index (Phi) is 6.86. The van der Waals surface area contributed by atoms with Crippen LogP contribution >= 0.6 is 0 Å². The van der Waals surface area contributed by atoms with Gasteiger partial charge in [0.2, 0.25) is 0 Å². The van der Waals surface area contributed by atoms with Crippen LogP contribution in [0.5, 0.6) is 0 Å². The van der Waals surface area contributed by atoms with Crippen molar-refractivity contribution >= 4 is 20.1 Å². The van der Waals surface area contributed by atoms with Crippen molar-refractivity contribution in [3.05, 3.63) is 24.3 Å². The molecule has 1 rings (SSSR count). The summed E-state index contributed by atoms with van der Waals surface area (Å²) in [6.45, 7) is 22.4. The summed E-state index contributed by atoms with van der Waals surface area (Å²) >= 11 is 0. The van der Waals surface area contributed by atoms with Crippen molar-refractivity contribution in [1.82, 2.24) is 0 Å². The summed E-state index contributed by atoms with van der Waals surface area (Å²) in [6, 6.07) is 0. The van der Waals surface area contributed by atoms with Gasteiger partial charge >= 0.3 is 5.97 Å². The molecule has 0 unspecified atom stereocenters. The summed E-state index contributed by atoms with van der Waals surface area (Å²) in [7, 11) is -2.02. The number of carbonyl (C=O) groups excluding carboxylic acids is 2. The van der Waals surface area contributed by atoms with Gasteiger partial charge in [-0.1, -0.05) is 47.3 Å². The molecule has 1 fully saturated rings. The molecule has 26 heavy (non-hydrogen) atoms. The molecule has 1 aliphatic rings. The number of rotatable bonds is 5. The number of allylic oxidation sites excluding steroid dienone is 2. The van der Waals surface area contributed by atoms with Crippen LogP contribution in [0.2, 0.25) is 18.1 Å². The van der Waals surface area contributed by atoms with Gasteiger partial charge in [-0.2, -0.15) is 0 Å². The molecule has 0 spiro atoms. The zero-order chi connectivity index (χ0) is 20.5. The van der Waals surface area contributed by atoms with E-state index in [0.717, 1.165) is 5.57 Å². The number of hydrogen-bond donors (Lipinski definition) is 0. The normalized spacial score (nSPS) is 26.8. The smallest absolute Gasteiger partial charge is 0.302 e. The topological polar surface area (TPSA) is 52.6 Å². The lowest BCUT2D eigenvalue weighted by molar-refractivity contribution is -0.158. The van der Waals surface area contributed by atoms with Crippen LogP contribution in [-0.2, 0) is 18.8 Å². The first-order chi connectivity index (χ1) is 11.6. The largest absolute Gasteiger partial charge is 0.462 e. The highest BCUT2D eigenvalue weighted by atomic mass is 28.4. The standard InChI is InChI=1S/C21H36O4Si/c1-14(22)11-12-17-15(2)18(25-26(9,10)20(4,5)6)13-19(21(17,7)8)24-16(3)23/h11-12,17-19H,2,13H2,1,3-10H3/b12-11+/t17-,18+,19+/m1/s1. The van der Waals surface area contributed by atoms with Crippen molar-refractivity contribution in [2.24, 2.45) is 11.3 Å². The third-order valence-corrected chi connectivity index (χ3v) is 10.4. The van der Waals surface area contributed by atoms with E-state index in [9.17, 15) is 9.59 Å². The summed E-state index contributed by atoms with van der Waals surface area (Å²) in [6.07, 6.45) is 3.60. The highest BCUT2D eigenvalue weighted by Gasteiger charge is 2.49. The van der Waals surface area contributed by atoms with Gasteiger partial charge in [0.15, 0.2) is 14.1 Å². The Bertz CT molecular complexity index is 596. The lowest BCUT2D eigenvalue weighted by atomic mass is 9.63. The fraction of sp³-hybridized carbons (Fsp3) is 0.714. The fourth-order valence-corrected chi connectivity index (χ4v) is 4.50. The highest BCUT2D eigenvalue weighted by molar-refractivity contribution is 6.74. The number of carbonyl (C=O) groups is 2. The second-order valence-corrected chi connectivity index (χ2v) is 14.3. The van der Waals surface area contributed by atoms with Gasteiger partial charge < -0.3 is 9.16 Å². The van der Waals surface area contributed by atoms with E-state index in [1.54, 1.807) is 6.08 Å². The number of hydrogen-bond acceptors (Lipinski definition) is 4. The Labute approximate surface area is 160 Å². The van der Waals surface area contributed by atoms with E-state index < -0.39 is 8.32 Å². The zero-order valence-corrected chi connectivity index (χ0v) is 18.9. The molecule has 5 heteroatoms. The molecular weight excluding hydrogens is 344 g/mol. The molecule has 0 N–H and O–H groups in total. The molecule has 0 heterocycles. The van der Waals surface area contributed by atoms with E-state index in [4.69, 9.17) is 9.16 Å². The Morgan fingerprint density at radius 2 is 1.77 bits per heavy atom. The SMILES string of the molecule is C=C1[C@@H](O[Si](C)(C)C(C)(C)C)C[C@H](OC(C)=O)C(C)(C)[C@@H]1/C=C/C(C)=O. The molecule has 1 aliphatic carbocycles. The second kappa shape index (κ2) is 7.81. The van der Waals surface area contributed by atoms with Crippen LogP contribution in [0.15, 0.2) is 24.3 Å². The third kappa shape index (κ3) is 5.16. The predicted molar refractivity (Wildman–Crippen MR) is 108 cm³/mol. The van der Waals surface area contributed by atoms with Gasteiger partial charge in [0, 0.05) is 24.7 Å². The molecule has 0 amide bonds. The minimum Gasteiger partial charge on any atom is -0.462 e. The second-order valence-electron chi connectivity index (χ2n) is 9.54. The molecule has 0 radical (unpaired) electrons. The van der Waals surface area contributed by atoms with Crippen molar-refractivity contribution in [1.29, 1.82) is 0 Å². The summed E-state index contributed by atoms with van der Waals surface area (Å²) in [5, 5.41) is 0.0713. The molecule has 148 valence electrons. The lowest BCUT2D eigenvalue weighted by Gasteiger charge is -2.50. The van der Waals surface area contributed by atoms with E-state index in [2.05, 4.69) is 54.3 Å². The first-order valence-electron chi connectivity index (χ1n) is 9.32. The average molecular weight is 381 g/mol. The molecule has 4 nitrogen and oxygen atoms in total. The van der Waals surface area contributed by atoms with Gasteiger partial charge in [0.1, 0.15) is 6.10 Å². The van der Waals surface area contributed by atoms with Gasteiger partial charge in [-0.05, 0) is 36.7 Å². The lowest BCUT2D eigenvalue weighted by Crippen LogP contribution is -2.52. The van der Waals surface area contributed by atoms with Gasteiger partial charge in [0.05, 0.1) is 6.10 Å². The summed E-state index contributed by atoms with van der Waals surface area (Å²) in [4.78, 5) is 23.1. The number of esters is 1. The van der Waals surface area contributed by atoms with Crippen molar-refractivity contribution in [3.63, 3.8) is 0 Å². The number of ether oxygens (including phenoxy) is 1. The fourth-order valence-electron chi connectivity index (χ4n) is 3.19. The first-order valence-corrected chi connectivity index (χ1v) is 12.2. The number of ketones is 1. The van der Waals surface area contributed by atoms with E-state index in [0.29, 0.717) is 6.42 Å². The Morgan fingerprint density at radius 3 is 2.19 bits per heavy atom. The molecule has 0 aliphatic heterocycles. The van der Waals surface area contributed by atoms with Crippen LogP contribution in [0.25, 0.3) is 0 Å². The molecule has 0 saturated heterocycles. The Balaban J connectivity index is 3.26. The van der Waals surface area contributed by atoms with E-state index in [1.807, 2.05) is 6.08 Å². The maximum absolute atomic E-state index is 11.7. The maximum atomic E-state index is 11.7. The third-order valence-electron chi connectivity index (χ3n) is 5.95. The summed E-state index contributed by atoms with van der Waals surface area (Å²) in [5.74, 6) is -0.402. The zero-order valence-electron chi connectivity index (χ0n) is 17.9. The molecule has 1 saturated carbocycles. The monoisotopic (exact) mass is 380 g/mol. The Morgan fingerprint density at radius 1 is 1.23 bits per heavy atom. The average Bonchev–Trinajstić information content (AvgIpc) is 2.41. The minimum absolute atomic E-state index is 0.00919. The van der Waals surface area contributed by atoms with Crippen LogP contribution in [0.3, 0.4) is 0 Å². The van der Waals surface area contributed by atoms with Crippen molar-refractivity contribution in [3.8, 4) is 0 Å². The molecule has 0 aromatic carbocycles.